The molecule has 1 aliphatic rings. The molecular formula is C22H24O6. The van der Waals surface area contributed by atoms with Crippen molar-refractivity contribution in [2.24, 2.45) is 5.92 Å². The zero-order valence-corrected chi connectivity index (χ0v) is 16.5. The number of fused-ring (bicyclic) bond motifs is 1. The molecule has 1 aliphatic heterocycles. The van der Waals surface area contributed by atoms with Crippen LogP contribution >= 0.6 is 0 Å². The molecule has 28 heavy (non-hydrogen) atoms. The van der Waals surface area contributed by atoms with E-state index in [-0.39, 0.29) is 24.5 Å². The second-order valence-corrected chi connectivity index (χ2v) is 6.56. The van der Waals surface area contributed by atoms with Gasteiger partial charge in [-0.05, 0) is 42.7 Å². The van der Waals surface area contributed by atoms with Crippen molar-refractivity contribution in [3.8, 4) is 28.4 Å². The molecule has 148 valence electrons. The molecule has 0 fully saturated rings. The van der Waals surface area contributed by atoms with Gasteiger partial charge < -0.3 is 18.9 Å². The van der Waals surface area contributed by atoms with Crippen molar-refractivity contribution in [3.63, 3.8) is 0 Å². The van der Waals surface area contributed by atoms with E-state index in [1.807, 2.05) is 26.0 Å². The van der Waals surface area contributed by atoms with Crippen molar-refractivity contribution < 1.29 is 28.5 Å². The lowest BCUT2D eigenvalue weighted by atomic mass is 9.98. The number of benzene rings is 2. The number of hydrogen-bond acceptors (Lipinski definition) is 6. The second-order valence-electron chi connectivity index (χ2n) is 6.56. The molecule has 0 amide bonds. The molecule has 0 atom stereocenters. The quantitative estimate of drug-likeness (QED) is 0.521. The zero-order valence-electron chi connectivity index (χ0n) is 16.5. The normalized spacial score (nSPS) is 12.5. The van der Waals surface area contributed by atoms with E-state index < -0.39 is 0 Å². The lowest BCUT2D eigenvalue weighted by Gasteiger charge is -2.19. The van der Waals surface area contributed by atoms with Gasteiger partial charge in [-0.2, -0.15) is 0 Å². The fourth-order valence-electron chi connectivity index (χ4n) is 3.33. The predicted molar refractivity (Wildman–Crippen MR) is 104 cm³/mol. The van der Waals surface area contributed by atoms with Crippen LogP contribution in [0.3, 0.4) is 0 Å². The van der Waals surface area contributed by atoms with Crippen LogP contribution in [0, 0.1) is 5.92 Å². The van der Waals surface area contributed by atoms with E-state index in [1.54, 1.807) is 18.2 Å². The highest BCUT2D eigenvalue weighted by molar-refractivity contribution is 5.94. The van der Waals surface area contributed by atoms with E-state index in [4.69, 9.17) is 18.9 Å². The monoisotopic (exact) mass is 384 g/mol. The molecule has 6 heteroatoms. The summed E-state index contributed by atoms with van der Waals surface area (Å²) in [5.74, 6) is 0.302. The van der Waals surface area contributed by atoms with Gasteiger partial charge in [0.25, 0.3) is 0 Å². The number of methoxy groups -OCH3 is 2. The molecule has 0 N–H and O–H groups in total. The SMILES string of the molecule is CCC(CC)C(=O)Oc1c(-c2ccc3c(c2)COC3=O)ccc(OC)c1OC. The van der Waals surface area contributed by atoms with Gasteiger partial charge in [0, 0.05) is 11.1 Å². The van der Waals surface area contributed by atoms with E-state index in [9.17, 15) is 9.59 Å². The molecule has 6 nitrogen and oxygen atoms in total. The van der Waals surface area contributed by atoms with Gasteiger partial charge in [0.2, 0.25) is 5.75 Å². The number of esters is 2. The highest BCUT2D eigenvalue weighted by Crippen LogP contribution is 2.45. The van der Waals surface area contributed by atoms with E-state index in [1.165, 1.54) is 14.2 Å². The van der Waals surface area contributed by atoms with Crippen LogP contribution in [0.2, 0.25) is 0 Å². The molecule has 3 rings (SSSR count). The van der Waals surface area contributed by atoms with Crippen molar-refractivity contribution in [1.82, 2.24) is 0 Å². The maximum absolute atomic E-state index is 12.7. The van der Waals surface area contributed by atoms with Crippen molar-refractivity contribution in [1.29, 1.82) is 0 Å². The Balaban J connectivity index is 2.10. The summed E-state index contributed by atoms with van der Waals surface area (Å²) >= 11 is 0. The Labute approximate surface area is 164 Å². The first kappa shape index (κ1) is 19.7. The molecule has 2 aromatic rings. The number of ether oxygens (including phenoxy) is 4. The topological polar surface area (TPSA) is 71.1 Å². The Morgan fingerprint density at radius 1 is 1.04 bits per heavy atom. The smallest absolute Gasteiger partial charge is 0.338 e. The summed E-state index contributed by atoms with van der Waals surface area (Å²) in [5, 5.41) is 0. The van der Waals surface area contributed by atoms with Gasteiger partial charge >= 0.3 is 11.9 Å². The first-order valence-electron chi connectivity index (χ1n) is 9.31. The van der Waals surface area contributed by atoms with Crippen LogP contribution in [-0.4, -0.2) is 26.2 Å². The molecule has 0 radical (unpaired) electrons. The molecule has 2 aromatic carbocycles. The summed E-state index contributed by atoms with van der Waals surface area (Å²) in [6, 6.07) is 8.98. The molecule has 0 aromatic heterocycles. The van der Waals surface area contributed by atoms with Crippen LogP contribution in [0.5, 0.6) is 17.2 Å². The number of rotatable bonds is 7. The molecule has 0 saturated heterocycles. The summed E-state index contributed by atoms with van der Waals surface area (Å²) in [6.07, 6.45) is 1.38. The second kappa shape index (κ2) is 8.33. The van der Waals surface area contributed by atoms with Gasteiger partial charge in [-0.1, -0.05) is 19.9 Å². The van der Waals surface area contributed by atoms with Gasteiger partial charge in [-0.25, -0.2) is 4.79 Å². The Hall–Kier alpha value is -3.02. The first-order valence-corrected chi connectivity index (χ1v) is 9.31. The molecule has 0 spiro atoms. The van der Waals surface area contributed by atoms with Crippen LogP contribution < -0.4 is 14.2 Å². The van der Waals surface area contributed by atoms with Gasteiger partial charge in [0.15, 0.2) is 11.5 Å². The maximum atomic E-state index is 12.7. The van der Waals surface area contributed by atoms with E-state index >= 15 is 0 Å². The molecule has 0 unspecified atom stereocenters. The largest absolute Gasteiger partial charge is 0.493 e. The molecule has 1 heterocycles. The summed E-state index contributed by atoms with van der Waals surface area (Å²) in [6.45, 7) is 4.14. The summed E-state index contributed by atoms with van der Waals surface area (Å²) in [7, 11) is 3.04. The Kier molecular flexibility index (Phi) is 5.87. The fraction of sp³-hybridized carbons (Fsp3) is 0.364. The third kappa shape index (κ3) is 3.54. The third-order valence-corrected chi connectivity index (χ3v) is 5.02. The fourth-order valence-corrected chi connectivity index (χ4v) is 3.33. The predicted octanol–water partition coefficient (Wildman–Crippen LogP) is 4.38. The highest BCUT2D eigenvalue weighted by Gasteiger charge is 2.26. The van der Waals surface area contributed by atoms with Crippen molar-refractivity contribution in [2.75, 3.05) is 14.2 Å². The molecule has 0 aliphatic carbocycles. The van der Waals surface area contributed by atoms with E-state index in [2.05, 4.69) is 0 Å². The van der Waals surface area contributed by atoms with Gasteiger partial charge in [0.1, 0.15) is 6.61 Å². The maximum Gasteiger partial charge on any atom is 0.338 e. The van der Waals surface area contributed by atoms with Gasteiger partial charge in [-0.3, -0.25) is 4.79 Å². The van der Waals surface area contributed by atoms with Gasteiger partial charge in [-0.15, -0.1) is 0 Å². The first-order chi connectivity index (χ1) is 13.5. The average molecular weight is 384 g/mol. The van der Waals surface area contributed by atoms with E-state index in [0.29, 0.717) is 41.2 Å². The summed E-state index contributed by atoms with van der Waals surface area (Å²) in [4.78, 5) is 24.4. The average Bonchev–Trinajstić information content (AvgIpc) is 3.08. The van der Waals surface area contributed by atoms with E-state index in [0.717, 1.165) is 11.1 Å². The van der Waals surface area contributed by atoms with Crippen molar-refractivity contribution >= 4 is 11.9 Å². The van der Waals surface area contributed by atoms with Crippen LogP contribution in [0.1, 0.15) is 42.6 Å². The minimum Gasteiger partial charge on any atom is -0.493 e. The number of carbonyl (C=O) groups excluding carboxylic acids is 2. The Morgan fingerprint density at radius 3 is 2.39 bits per heavy atom. The molecular weight excluding hydrogens is 360 g/mol. The lowest BCUT2D eigenvalue weighted by Crippen LogP contribution is -2.20. The highest BCUT2D eigenvalue weighted by atomic mass is 16.6. The van der Waals surface area contributed by atoms with Crippen LogP contribution in [0.15, 0.2) is 30.3 Å². The summed E-state index contributed by atoms with van der Waals surface area (Å²) < 4.78 is 21.8. The van der Waals surface area contributed by atoms with Crippen LogP contribution in [-0.2, 0) is 16.1 Å². The van der Waals surface area contributed by atoms with Crippen LogP contribution in [0.25, 0.3) is 11.1 Å². The minimum absolute atomic E-state index is 0.199. The number of carbonyl (C=O) groups is 2. The Bertz CT molecular complexity index is 898. The molecule has 0 bridgehead atoms. The van der Waals surface area contributed by atoms with Crippen LogP contribution in [0.4, 0.5) is 0 Å². The number of hydrogen-bond donors (Lipinski definition) is 0. The van der Waals surface area contributed by atoms with Gasteiger partial charge in [0.05, 0.1) is 25.7 Å². The summed E-state index contributed by atoms with van der Waals surface area (Å²) in [5.41, 5.74) is 2.83. The van der Waals surface area contributed by atoms with Crippen molar-refractivity contribution in [3.05, 3.63) is 41.5 Å². The third-order valence-electron chi connectivity index (χ3n) is 5.02. The minimum atomic E-state index is -0.325. The molecule has 0 saturated carbocycles. The van der Waals surface area contributed by atoms with Crippen molar-refractivity contribution in [2.45, 2.75) is 33.3 Å². The standard InChI is InChI=1S/C22H24O6/c1-5-13(6-2)21(23)28-19-16(9-10-18(25-3)20(19)26-4)14-7-8-17-15(11-14)12-27-22(17)24/h7-11,13H,5-6,12H2,1-4H3. The zero-order chi connectivity index (χ0) is 20.3. The lowest BCUT2D eigenvalue weighted by molar-refractivity contribution is -0.139. The Morgan fingerprint density at radius 2 is 1.75 bits per heavy atom. The number of cyclic esters (lactones) is 1.